The van der Waals surface area contributed by atoms with Gasteiger partial charge in [0.2, 0.25) is 0 Å². The average molecular weight is 242 g/mol. The molecule has 2 heterocycles. The van der Waals surface area contributed by atoms with Gasteiger partial charge in [-0.3, -0.25) is 4.98 Å². The molecule has 18 heavy (non-hydrogen) atoms. The van der Waals surface area contributed by atoms with E-state index in [0.717, 1.165) is 25.2 Å². The largest absolute Gasteiger partial charge is 0.347 e. The van der Waals surface area contributed by atoms with Crippen molar-refractivity contribution < 1.29 is 0 Å². The Balaban J connectivity index is 1.93. The van der Waals surface area contributed by atoms with Crippen molar-refractivity contribution in [1.29, 1.82) is 0 Å². The first kappa shape index (κ1) is 11.4. The molecule has 2 aromatic rings. The predicted molar refractivity (Wildman–Crippen MR) is 70.3 cm³/mol. The molecule has 2 atom stereocenters. The highest BCUT2D eigenvalue weighted by Gasteiger charge is 2.32. The molecule has 0 saturated carbocycles. The third kappa shape index (κ3) is 1.93. The Morgan fingerprint density at radius 2 is 2.39 bits per heavy atom. The highest BCUT2D eigenvalue weighted by Crippen LogP contribution is 2.39. The summed E-state index contributed by atoms with van der Waals surface area (Å²) in [5, 5.41) is 3.53. The lowest BCUT2D eigenvalue weighted by atomic mass is 9.96. The van der Waals surface area contributed by atoms with Crippen molar-refractivity contribution >= 4 is 0 Å². The molecule has 0 fully saturated rings. The van der Waals surface area contributed by atoms with Crippen LogP contribution in [0.25, 0.3) is 0 Å². The molecule has 3 rings (SSSR count). The molecule has 1 aliphatic rings. The van der Waals surface area contributed by atoms with Crippen molar-refractivity contribution in [3.8, 4) is 0 Å². The van der Waals surface area contributed by atoms with Crippen LogP contribution in [0.3, 0.4) is 0 Å². The first-order valence-electron chi connectivity index (χ1n) is 6.56. The summed E-state index contributed by atoms with van der Waals surface area (Å²) in [7, 11) is 0. The summed E-state index contributed by atoms with van der Waals surface area (Å²) in [5.74, 6) is 1.44. The number of nitrogens with one attached hydrogen (secondary N) is 2. The van der Waals surface area contributed by atoms with E-state index in [2.05, 4.69) is 33.3 Å². The van der Waals surface area contributed by atoms with Crippen LogP contribution in [-0.2, 0) is 6.42 Å². The molecular formula is C14H18N4. The molecule has 94 valence electrons. The zero-order chi connectivity index (χ0) is 12.4. The fourth-order valence-electron chi connectivity index (χ4n) is 2.87. The van der Waals surface area contributed by atoms with Gasteiger partial charge in [-0.15, -0.1) is 0 Å². The van der Waals surface area contributed by atoms with Gasteiger partial charge in [-0.05, 0) is 31.0 Å². The predicted octanol–water partition coefficient (Wildman–Crippen LogP) is 2.19. The summed E-state index contributed by atoms with van der Waals surface area (Å²) in [6.07, 6.45) is 7.85. The minimum Gasteiger partial charge on any atom is -0.347 e. The number of likely N-dealkylation sites (N-methyl/N-ethyl adjacent to an activating group) is 1. The van der Waals surface area contributed by atoms with Gasteiger partial charge in [-0.2, -0.15) is 0 Å². The number of hydrogen-bond acceptors (Lipinski definition) is 3. The summed E-state index contributed by atoms with van der Waals surface area (Å²) in [5.41, 5.74) is 2.62. The Hall–Kier alpha value is -1.68. The minimum absolute atomic E-state index is 0.237. The van der Waals surface area contributed by atoms with Crippen LogP contribution in [0, 0.1) is 0 Å². The van der Waals surface area contributed by atoms with Gasteiger partial charge in [0, 0.05) is 30.2 Å². The summed E-state index contributed by atoms with van der Waals surface area (Å²) < 4.78 is 0. The van der Waals surface area contributed by atoms with E-state index >= 15 is 0 Å². The maximum absolute atomic E-state index is 4.57. The van der Waals surface area contributed by atoms with E-state index < -0.39 is 0 Å². The molecule has 0 amide bonds. The number of nitrogens with zero attached hydrogens (tertiary/aromatic N) is 2. The molecule has 0 radical (unpaired) electrons. The Morgan fingerprint density at radius 1 is 1.44 bits per heavy atom. The van der Waals surface area contributed by atoms with E-state index in [0.29, 0.717) is 5.92 Å². The van der Waals surface area contributed by atoms with Crippen LogP contribution in [0.4, 0.5) is 0 Å². The van der Waals surface area contributed by atoms with Crippen LogP contribution in [0.2, 0.25) is 0 Å². The Labute approximate surface area is 107 Å². The zero-order valence-corrected chi connectivity index (χ0v) is 10.6. The second kappa shape index (κ2) is 4.90. The van der Waals surface area contributed by atoms with Gasteiger partial charge >= 0.3 is 0 Å². The Bertz CT molecular complexity index is 504. The fourth-order valence-corrected chi connectivity index (χ4v) is 2.87. The van der Waals surface area contributed by atoms with E-state index in [1.807, 2.05) is 24.7 Å². The normalized spacial score (nSPS) is 19.7. The van der Waals surface area contributed by atoms with Crippen LogP contribution in [-0.4, -0.2) is 21.5 Å². The highest BCUT2D eigenvalue weighted by molar-refractivity contribution is 5.31. The quantitative estimate of drug-likeness (QED) is 0.864. The topological polar surface area (TPSA) is 53.6 Å². The summed E-state index contributed by atoms with van der Waals surface area (Å²) in [6, 6.07) is 4.45. The molecule has 0 saturated heterocycles. The maximum Gasteiger partial charge on any atom is 0.123 e. The first-order valence-corrected chi connectivity index (χ1v) is 6.56. The van der Waals surface area contributed by atoms with Gasteiger partial charge in [-0.25, -0.2) is 4.98 Å². The number of hydrogen-bond donors (Lipinski definition) is 2. The number of fused-ring (bicyclic) bond motifs is 1. The number of aromatic amines is 1. The van der Waals surface area contributed by atoms with Gasteiger partial charge in [0.25, 0.3) is 0 Å². The third-order valence-corrected chi connectivity index (χ3v) is 3.64. The van der Waals surface area contributed by atoms with E-state index in [-0.39, 0.29) is 6.04 Å². The van der Waals surface area contributed by atoms with E-state index in [9.17, 15) is 0 Å². The molecule has 0 aromatic carbocycles. The SMILES string of the molecule is CCNC(c1ncc[nH]1)C1CCc2cccnc21. The molecule has 2 aromatic heterocycles. The molecule has 4 nitrogen and oxygen atoms in total. The van der Waals surface area contributed by atoms with Crippen LogP contribution >= 0.6 is 0 Å². The average Bonchev–Trinajstić information content (AvgIpc) is 3.06. The van der Waals surface area contributed by atoms with E-state index in [1.165, 1.54) is 11.3 Å². The van der Waals surface area contributed by atoms with Crippen LogP contribution in [0.5, 0.6) is 0 Å². The molecular weight excluding hydrogens is 224 g/mol. The molecule has 2 N–H and O–H groups in total. The minimum atomic E-state index is 0.237. The monoisotopic (exact) mass is 242 g/mol. The molecule has 0 spiro atoms. The van der Waals surface area contributed by atoms with Crippen molar-refractivity contribution in [2.24, 2.45) is 0 Å². The van der Waals surface area contributed by atoms with E-state index in [4.69, 9.17) is 0 Å². The summed E-state index contributed by atoms with van der Waals surface area (Å²) >= 11 is 0. The van der Waals surface area contributed by atoms with Crippen molar-refractivity contribution in [3.63, 3.8) is 0 Å². The number of aryl methyl sites for hydroxylation is 1. The van der Waals surface area contributed by atoms with Gasteiger partial charge < -0.3 is 10.3 Å². The lowest BCUT2D eigenvalue weighted by molar-refractivity contribution is 0.431. The summed E-state index contributed by atoms with van der Waals surface area (Å²) in [6.45, 7) is 3.06. The van der Waals surface area contributed by atoms with Gasteiger partial charge in [0.05, 0.1) is 6.04 Å². The van der Waals surface area contributed by atoms with E-state index in [1.54, 1.807) is 0 Å². The lowest BCUT2D eigenvalue weighted by Gasteiger charge is -2.22. The second-order valence-corrected chi connectivity index (χ2v) is 4.70. The van der Waals surface area contributed by atoms with Crippen molar-refractivity contribution in [3.05, 3.63) is 47.8 Å². The Kier molecular flexibility index (Phi) is 3.11. The van der Waals surface area contributed by atoms with Crippen LogP contribution in [0.1, 0.15) is 42.4 Å². The third-order valence-electron chi connectivity index (χ3n) is 3.64. The smallest absolute Gasteiger partial charge is 0.123 e. The number of rotatable bonds is 4. The van der Waals surface area contributed by atoms with Gasteiger partial charge in [0.1, 0.15) is 5.82 Å². The summed E-state index contributed by atoms with van der Waals surface area (Å²) in [4.78, 5) is 12.2. The lowest BCUT2D eigenvalue weighted by Crippen LogP contribution is -2.27. The maximum atomic E-state index is 4.57. The molecule has 0 aliphatic heterocycles. The van der Waals surface area contributed by atoms with Crippen LogP contribution < -0.4 is 5.32 Å². The zero-order valence-electron chi connectivity index (χ0n) is 10.6. The van der Waals surface area contributed by atoms with Crippen molar-refractivity contribution in [2.75, 3.05) is 6.54 Å². The number of aromatic nitrogens is 3. The molecule has 2 unspecified atom stereocenters. The highest BCUT2D eigenvalue weighted by atomic mass is 15.0. The Morgan fingerprint density at radius 3 is 3.17 bits per heavy atom. The number of imidazole rings is 1. The van der Waals surface area contributed by atoms with Gasteiger partial charge in [-0.1, -0.05) is 13.0 Å². The standard InChI is InChI=1S/C14H18N4/c1-2-15-13(14-17-8-9-18-14)11-6-5-10-4-3-7-16-12(10)11/h3-4,7-9,11,13,15H,2,5-6H2,1H3,(H,17,18). The molecule has 0 bridgehead atoms. The molecule has 1 aliphatic carbocycles. The van der Waals surface area contributed by atoms with Crippen molar-refractivity contribution in [1.82, 2.24) is 20.3 Å². The fraction of sp³-hybridized carbons (Fsp3) is 0.429. The first-order chi connectivity index (χ1) is 8.90. The second-order valence-electron chi connectivity index (χ2n) is 4.70. The van der Waals surface area contributed by atoms with Gasteiger partial charge in [0.15, 0.2) is 0 Å². The van der Waals surface area contributed by atoms with Crippen LogP contribution in [0.15, 0.2) is 30.7 Å². The molecule has 4 heteroatoms. The number of H-pyrrole nitrogens is 1. The number of pyridine rings is 1. The van der Waals surface area contributed by atoms with Crippen molar-refractivity contribution in [2.45, 2.75) is 31.7 Å².